The third kappa shape index (κ3) is 4.62. The maximum Gasteiger partial charge on any atom is 0.268 e. The maximum absolute atomic E-state index is 12.5. The number of methoxy groups -OCH3 is 1. The van der Waals surface area contributed by atoms with Crippen molar-refractivity contribution in [1.29, 1.82) is 0 Å². The maximum atomic E-state index is 12.5. The van der Waals surface area contributed by atoms with E-state index in [9.17, 15) is 14.0 Å². The Morgan fingerprint density at radius 2 is 2.03 bits per heavy atom. The Bertz CT molecular complexity index is 1080. The van der Waals surface area contributed by atoms with Crippen molar-refractivity contribution in [1.82, 2.24) is 9.97 Å². The number of hydrogen-bond donors (Lipinski definition) is 2. The zero-order chi connectivity index (χ0) is 21.0. The summed E-state index contributed by atoms with van der Waals surface area (Å²) in [5.74, 6) is 0.381. The number of ether oxygens (including phenoxy) is 1. The molecule has 29 heavy (non-hydrogen) atoms. The number of para-hydroxylation sites is 1. The Kier molecular flexibility index (Phi) is 6.26. The number of nitrogens with one attached hydrogen (secondary N) is 1. The summed E-state index contributed by atoms with van der Waals surface area (Å²) in [6.45, 7) is 2.23. The van der Waals surface area contributed by atoms with Gasteiger partial charge in [0.05, 0.1) is 18.0 Å². The minimum Gasteiger partial charge on any atom is -0.494 e. The zero-order valence-corrected chi connectivity index (χ0v) is 16.4. The molecular weight excluding hydrogens is 373 g/mol. The highest BCUT2D eigenvalue weighted by molar-refractivity contribution is 6.03. The predicted molar refractivity (Wildman–Crippen MR) is 110 cm³/mol. The minimum absolute atomic E-state index is 0.0371. The fourth-order valence-electron chi connectivity index (χ4n) is 3.73. The van der Waals surface area contributed by atoms with E-state index in [0.717, 1.165) is 18.5 Å². The quantitative estimate of drug-likeness (QED) is 0.703. The number of hydrogen-bond acceptors (Lipinski definition) is 4. The molecule has 1 saturated carbocycles. The van der Waals surface area contributed by atoms with Crippen LogP contribution in [0.4, 0.5) is 4.39 Å². The van der Waals surface area contributed by atoms with E-state index < -0.39 is 5.91 Å². The van der Waals surface area contributed by atoms with E-state index in [2.05, 4.69) is 21.6 Å². The van der Waals surface area contributed by atoms with E-state index in [-0.39, 0.29) is 28.1 Å². The fourth-order valence-corrected chi connectivity index (χ4v) is 3.73. The van der Waals surface area contributed by atoms with Crippen LogP contribution >= 0.6 is 0 Å². The van der Waals surface area contributed by atoms with Crippen LogP contribution in [0.1, 0.15) is 48.3 Å². The Morgan fingerprint density at radius 1 is 1.28 bits per heavy atom. The average Bonchev–Trinajstić information content (AvgIpc) is 3.14. The van der Waals surface area contributed by atoms with Gasteiger partial charge in [0.1, 0.15) is 5.69 Å². The normalized spacial score (nSPS) is 18.2. The lowest BCUT2D eigenvalue weighted by atomic mass is 10.0. The number of carbonyl (C=O) groups excluding carboxylic acids is 1. The molecule has 0 aliphatic heterocycles. The third-order valence-electron chi connectivity index (χ3n) is 5.19. The monoisotopic (exact) mass is 397 g/mol. The Balaban J connectivity index is 0.000000224. The molecule has 1 amide bonds. The molecule has 2 aromatic heterocycles. The summed E-state index contributed by atoms with van der Waals surface area (Å²) in [5, 5.41) is 0.287. The molecule has 6 nitrogen and oxygen atoms in total. The molecule has 152 valence electrons. The van der Waals surface area contributed by atoms with Crippen molar-refractivity contribution in [2.75, 3.05) is 7.11 Å². The molecule has 2 atom stereocenters. The number of benzene rings is 1. The Labute approximate surface area is 167 Å². The summed E-state index contributed by atoms with van der Waals surface area (Å²) in [6, 6.07) is 9.60. The molecule has 1 fully saturated rings. The van der Waals surface area contributed by atoms with Crippen LogP contribution in [0.3, 0.4) is 0 Å². The summed E-state index contributed by atoms with van der Waals surface area (Å²) >= 11 is 0. The number of pyridine rings is 2. The summed E-state index contributed by atoms with van der Waals surface area (Å²) in [7, 11) is 1.44. The van der Waals surface area contributed by atoms with Gasteiger partial charge in [0, 0.05) is 18.0 Å². The van der Waals surface area contributed by atoms with Crippen LogP contribution < -0.4 is 15.9 Å². The summed E-state index contributed by atoms with van der Waals surface area (Å²) in [4.78, 5) is 30.8. The lowest BCUT2D eigenvalue weighted by molar-refractivity contribution is 0.0997. The largest absolute Gasteiger partial charge is 0.494 e. The molecule has 2 unspecified atom stereocenters. The highest BCUT2D eigenvalue weighted by Crippen LogP contribution is 2.37. The van der Waals surface area contributed by atoms with Crippen molar-refractivity contribution in [3.63, 3.8) is 0 Å². The van der Waals surface area contributed by atoms with Crippen LogP contribution in [0.2, 0.25) is 0 Å². The van der Waals surface area contributed by atoms with E-state index in [0.29, 0.717) is 17.4 Å². The topological polar surface area (TPSA) is 98.1 Å². The van der Waals surface area contributed by atoms with Crippen LogP contribution in [0.5, 0.6) is 5.75 Å². The van der Waals surface area contributed by atoms with Crippen LogP contribution in [-0.4, -0.2) is 23.0 Å². The summed E-state index contributed by atoms with van der Waals surface area (Å²) in [5.41, 5.74) is 6.71. The van der Waals surface area contributed by atoms with Gasteiger partial charge in [0.15, 0.2) is 17.0 Å². The summed E-state index contributed by atoms with van der Waals surface area (Å²) in [6.07, 6.45) is 4.87. The van der Waals surface area contributed by atoms with E-state index in [1.54, 1.807) is 30.3 Å². The number of nitrogens with zero attached hydrogens (tertiary/aromatic N) is 1. The fraction of sp³-hybridized carbons (Fsp3) is 0.318. The second kappa shape index (κ2) is 8.86. The second-order valence-corrected chi connectivity index (χ2v) is 7.28. The van der Waals surface area contributed by atoms with Gasteiger partial charge >= 0.3 is 0 Å². The molecule has 1 aliphatic rings. The minimum atomic E-state index is -0.677. The van der Waals surface area contributed by atoms with E-state index in [1.165, 1.54) is 25.8 Å². The molecule has 0 radical (unpaired) electrons. The van der Waals surface area contributed by atoms with Gasteiger partial charge in [-0.25, -0.2) is 4.39 Å². The average molecular weight is 397 g/mol. The van der Waals surface area contributed by atoms with Gasteiger partial charge in [-0.2, -0.15) is 0 Å². The highest BCUT2D eigenvalue weighted by atomic mass is 19.1. The van der Waals surface area contributed by atoms with Crippen molar-refractivity contribution in [2.45, 2.75) is 32.1 Å². The second-order valence-electron chi connectivity index (χ2n) is 7.28. The van der Waals surface area contributed by atoms with E-state index in [4.69, 9.17) is 5.73 Å². The molecule has 7 heteroatoms. The number of aromatic amines is 1. The van der Waals surface area contributed by atoms with Crippen LogP contribution in [0.15, 0.2) is 47.4 Å². The van der Waals surface area contributed by atoms with Crippen LogP contribution in [0.25, 0.3) is 10.9 Å². The van der Waals surface area contributed by atoms with Gasteiger partial charge in [-0.05, 0) is 42.9 Å². The number of amides is 1. The molecule has 0 bridgehead atoms. The van der Waals surface area contributed by atoms with Crippen molar-refractivity contribution in [3.8, 4) is 5.75 Å². The van der Waals surface area contributed by atoms with E-state index >= 15 is 0 Å². The van der Waals surface area contributed by atoms with Gasteiger partial charge in [-0.1, -0.05) is 25.5 Å². The van der Waals surface area contributed by atoms with Crippen molar-refractivity contribution < 1.29 is 13.9 Å². The molecule has 2 heterocycles. The van der Waals surface area contributed by atoms with E-state index in [1.807, 2.05) is 0 Å². The lowest BCUT2D eigenvalue weighted by Gasteiger charge is -2.11. The first kappa shape index (κ1) is 20.5. The van der Waals surface area contributed by atoms with Crippen molar-refractivity contribution in [2.24, 2.45) is 11.7 Å². The number of fused-ring (bicyclic) bond motifs is 1. The van der Waals surface area contributed by atoms with Crippen LogP contribution in [0, 0.1) is 11.7 Å². The molecular formula is C22H24FN3O3. The number of rotatable bonds is 3. The number of halogens is 1. The van der Waals surface area contributed by atoms with Gasteiger partial charge in [0.2, 0.25) is 0 Å². The van der Waals surface area contributed by atoms with Gasteiger partial charge in [0.25, 0.3) is 5.91 Å². The molecule has 1 aliphatic carbocycles. The van der Waals surface area contributed by atoms with Gasteiger partial charge in [-0.15, -0.1) is 0 Å². The first-order valence-electron chi connectivity index (χ1n) is 9.51. The predicted octanol–water partition coefficient (Wildman–Crippen LogP) is 3.76. The van der Waals surface area contributed by atoms with Crippen LogP contribution in [-0.2, 0) is 0 Å². The third-order valence-corrected chi connectivity index (χ3v) is 5.19. The smallest absolute Gasteiger partial charge is 0.268 e. The molecule has 0 saturated heterocycles. The highest BCUT2D eigenvalue weighted by Gasteiger charge is 2.24. The molecule has 1 aromatic carbocycles. The molecule has 3 aromatic rings. The lowest BCUT2D eigenvalue weighted by Crippen LogP contribution is -2.18. The standard InChI is InChI=1S/C15H17N3O2.C7H7FO/c1-8-2-3-9(6-8)11-7-12(19)13-10(18-11)4-5-17-14(13)15(16)20;1-9-7-5-3-2-4-6(7)8/h4-5,7-9H,2-3,6H2,1H3,(H2,16,20)(H,18,19);2-5H,1H3. The molecule has 3 N–H and O–H groups in total. The number of primary amides is 1. The molecule has 0 spiro atoms. The number of H-pyrrole nitrogens is 1. The number of nitrogens with two attached hydrogens (primary N) is 1. The summed E-state index contributed by atoms with van der Waals surface area (Å²) < 4.78 is 17.1. The first-order valence-corrected chi connectivity index (χ1v) is 9.51. The van der Waals surface area contributed by atoms with Crippen molar-refractivity contribution in [3.05, 3.63) is 70.0 Å². The molecule has 4 rings (SSSR count). The van der Waals surface area contributed by atoms with Gasteiger partial charge < -0.3 is 15.5 Å². The SMILES string of the molecule is CC1CCC(c2cc(=O)c3c(C(N)=O)nccc3[nH]2)C1.COc1ccccc1F. The zero-order valence-electron chi connectivity index (χ0n) is 16.4. The first-order chi connectivity index (χ1) is 13.9. The van der Waals surface area contributed by atoms with Crippen molar-refractivity contribution >= 4 is 16.8 Å². The number of aromatic nitrogens is 2. The number of carbonyl (C=O) groups is 1. The Morgan fingerprint density at radius 3 is 2.62 bits per heavy atom. The van der Waals surface area contributed by atoms with Gasteiger partial charge in [-0.3, -0.25) is 14.6 Å². The Hall–Kier alpha value is -3.22.